The van der Waals surface area contributed by atoms with E-state index in [0.717, 1.165) is 56.3 Å². The number of aromatic nitrogens is 3. The summed E-state index contributed by atoms with van der Waals surface area (Å²) >= 11 is 0. The lowest BCUT2D eigenvalue weighted by Crippen LogP contribution is -2.51. The summed E-state index contributed by atoms with van der Waals surface area (Å²) in [7, 11) is 1.83. The lowest BCUT2D eigenvalue weighted by molar-refractivity contribution is 0.468. The number of nitrogens with zero attached hydrogens (tertiary/aromatic N) is 5. The SMILES string of the molecule is CN=C(NCCCc1nnc2ccccn12)NC1CCCN(c2ccccc2)C1.I. The average Bonchev–Trinajstić information content (AvgIpc) is 3.20. The molecule has 160 valence electrons. The molecular formula is C22H30IN7. The Labute approximate surface area is 195 Å². The van der Waals surface area contributed by atoms with E-state index < -0.39 is 0 Å². The van der Waals surface area contributed by atoms with Crippen LogP contribution >= 0.6 is 24.0 Å². The van der Waals surface area contributed by atoms with Gasteiger partial charge in [-0.05, 0) is 43.5 Å². The number of rotatable bonds is 6. The molecule has 0 amide bonds. The van der Waals surface area contributed by atoms with Gasteiger partial charge in [-0.15, -0.1) is 34.2 Å². The molecule has 0 bridgehead atoms. The number of benzene rings is 1. The Hall–Kier alpha value is -2.36. The highest BCUT2D eigenvalue weighted by molar-refractivity contribution is 14.0. The standard InChI is InChI=1S/C22H29N7.HI/c1-23-22(24-14-7-13-21-27-26-20-12-5-6-16-29(20)21)25-18-9-8-15-28(17-18)19-10-3-2-4-11-19;/h2-6,10-12,16,18H,7-9,13-15,17H2,1H3,(H2,23,24,25);1H. The normalized spacial score (nSPS) is 16.9. The number of pyridine rings is 1. The van der Waals surface area contributed by atoms with Crippen molar-refractivity contribution >= 4 is 41.3 Å². The summed E-state index contributed by atoms with van der Waals surface area (Å²) in [6, 6.07) is 17.0. The van der Waals surface area contributed by atoms with Gasteiger partial charge in [0.05, 0.1) is 0 Å². The van der Waals surface area contributed by atoms with E-state index in [1.807, 2.05) is 35.8 Å². The first kappa shape index (κ1) is 22.3. The van der Waals surface area contributed by atoms with Gasteiger partial charge >= 0.3 is 0 Å². The zero-order valence-corrected chi connectivity index (χ0v) is 19.7. The van der Waals surface area contributed by atoms with E-state index in [2.05, 4.69) is 61.1 Å². The molecule has 7 nitrogen and oxygen atoms in total. The van der Waals surface area contributed by atoms with Crippen LogP contribution in [0.1, 0.15) is 25.1 Å². The van der Waals surface area contributed by atoms with E-state index in [1.54, 1.807) is 0 Å². The highest BCUT2D eigenvalue weighted by atomic mass is 127. The zero-order chi connectivity index (χ0) is 19.9. The second-order valence-electron chi connectivity index (χ2n) is 7.41. The van der Waals surface area contributed by atoms with Crippen LogP contribution in [-0.4, -0.2) is 53.3 Å². The van der Waals surface area contributed by atoms with Crippen molar-refractivity contribution < 1.29 is 0 Å². The van der Waals surface area contributed by atoms with Crippen molar-refractivity contribution in [3.05, 3.63) is 60.6 Å². The third-order valence-corrected chi connectivity index (χ3v) is 5.36. The molecule has 1 fully saturated rings. The Kier molecular flexibility index (Phi) is 8.30. The second kappa shape index (κ2) is 11.1. The van der Waals surface area contributed by atoms with Gasteiger partial charge in [0, 0.05) is 51.0 Å². The van der Waals surface area contributed by atoms with Gasteiger partial charge in [-0.2, -0.15) is 0 Å². The van der Waals surface area contributed by atoms with Crippen LogP contribution in [-0.2, 0) is 6.42 Å². The Morgan fingerprint density at radius 3 is 2.80 bits per heavy atom. The first-order valence-corrected chi connectivity index (χ1v) is 10.4. The Morgan fingerprint density at radius 1 is 1.13 bits per heavy atom. The molecule has 0 saturated carbocycles. The predicted molar refractivity (Wildman–Crippen MR) is 133 cm³/mol. The molecular weight excluding hydrogens is 489 g/mol. The summed E-state index contributed by atoms with van der Waals surface area (Å²) in [6.45, 7) is 2.95. The largest absolute Gasteiger partial charge is 0.369 e. The number of piperidine rings is 1. The van der Waals surface area contributed by atoms with Gasteiger partial charge in [0.25, 0.3) is 0 Å². The van der Waals surface area contributed by atoms with E-state index in [0.29, 0.717) is 6.04 Å². The average molecular weight is 519 g/mol. The summed E-state index contributed by atoms with van der Waals surface area (Å²) in [5.41, 5.74) is 2.19. The predicted octanol–water partition coefficient (Wildman–Crippen LogP) is 3.11. The molecule has 8 heteroatoms. The third kappa shape index (κ3) is 5.62. The molecule has 1 saturated heterocycles. The molecule has 2 N–H and O–H groups in total. The lowest BCUT2D eigenvalue weighted by atomic mass is 10.1. The quantitative estimate of drug-likeness (QED) is 0.227. The van der Waals surface area contributed by atoms with Gasteiger partial charge in [-0.3, -0.25) is 9.39 Å². The molecule has 0 radical (unpaired) electrons. The maximum Gasteiger partial charge on any atom is 0.191 e. The Morgan fingerprint density at radius 2 is 1.97 bits per heavy atom. The first-order valence-electron chi connectivity index (χ1n) is 10.4. The summed E-state index contributed by atoms with van der Waals surface area (Å²) in [5.74, 6) is 1.87. The second-order valence-corrected chi connectivity index (χ2v) is 7.41. The van der Waals surface area contributed by atoms with E-state index in [1.165, 1.54) is 12.1 Å². The van der Waals surface area contributed by atoms with Gasteiger partial charge < -0.3 is 15.5 Å². The number of fused-ring (bicyclic) bond motifs is 1. The molecule has 3 heterocycles. The van der Waals surface area contributed by atoms with Gasteiger partial charge in [0.15, 0.2) is 11.6 Å². The van der Waals surface area contributed by atoms with Gasteiger partial charge in [0.1, 0.15) is 5.82 Å². The molecule has 1 aromatic carbocycles. The highest BCUT2D eigenvalue weighted by Gasteiger charge is 2.20. The summed E-state index contributed by atoms with van der Waals surface area (Å²) in [5, 5.41) is 15.5. The number of guanidine groups is 1. The molecule has 0 aliphatic carbocycles. The molecule has 1 aliphatic heterocycles. The van der Waals surface area contributed by atoms with Crippen LogP contribution in [0.25, 0.3) is 5.65 Å². The number of aliphatic imine (C=N–C) groups is 1. The minimum Gasteiger partial charge on any atom is -0.369 e. The van der Waals surface area contributed by atoms with E-state index in [4.69, 9.17) is 0 Å². The zero-order valence-electron chi connectivity index (χ0n) is 17.4. The number of hydrogen-bond donors (Lipinski definition) is 2. The molecule has 1 unspecified atom stereocenters. The van der Waals surface area contributed by atoms with Gasteiger partial charge in [-0.1, -0.05) is 24.3 Å². The molecule has 1 aliphatic rings. The lowest BCUT2D eigenvalue weighted by Gasteiger charge is -2.35. The van der Waals surface area contributed by atoms with Crippen molar-refractivity contribution in [2.45, 2.75) is 31.7 Å². The van der Waals surface area contributed by atoms with E-state index >= 15 is 0 Å². The number of anilines is 1. The maximum absolute atomic E-state index is 4.41. The number of nitrogens with one attached hydrogen (secondary N) is 2. The van der Waals surface area contributed by atoms with Crippen molar-refractivity contribution in [3.63, 3.8) is 0 Å². The van der Waals surface area contributed by atoms with Crippen LogP contribution in [0.15, 0.2) is 59.7 Å². The third-order valence-electron chi connectivity index (χ3n) is 5.36. The molecule has 0 spiro atoms. The van der Waals surface area contributed by atoms with E-state index in [-0.39, 0.29) is 24.0 Å². The van der Waals surface area contributed by atoms with E-state index in [9.17, 15) is 0 Å². The topological polar surface area (TPSA) is 69.8 Å². The minimum absolute atomic E-state index is 0. The van der Waals surface area contributed by atoms with Crippen molar-refractivity contribution in [3.8, 4) is 0 Å². The number of aryl methyl sites for hydroxylation is 1. The molecule has 4 rings (SSSR count). The molecule has 1 atom stereocenters. The Balaban J connectivity index is 0.00000256. The molecule has 30 heavy (non-hydrogen) atoms. The summed E-state index contributed by atoms with van der Waals surface area (Å²) in [4.78, 5) is 6.86. The van der Waals surface area contributed by atoms with Crippen LogP contribution in [0.4, 0.5) is 5.69 Å². The van der Waals surface area contributed by atoms with Gasteiger partial charge in [0.2, 0.25) is 0 Å². The molecule has 2 aromatic heterocycles. The van der Waals surface area contributed by atoms with Crippen LogP contribution in [0.2, 0.25) is 0 Å². The number of hydrogen-bond acceptors (Lipinski definition) is 4. The van der Waals surface area contributed by atoms with Crippen LogP contribution in [0.5, 0.6) is 0 Å². The first-order chi connectivity index (χ1) is 14.3. The number of para-hydroxylation sites is 1. The number of halogens is 1. The fourth-order valence-corrected chi connectivity index (χ4v) is 3.87. The highest BCUT2D eigenvalue weighted by Crippen LogP contribution is 2.19. The fourth-order valence-electron chi connectivity index (χ4n) is 3.87. The van der Waals surface area contributed by atoms with Crippen LogP contribution in [0.3, 0.4) is 0 Å². The van der Waals surface area contributed by atoms with Crippen molar-refractivity contribution in [2.75, 3.05) is 31.6 Å². The maximum atomic E-state index is 4.41. The molecule has 3 aromatic rings. The van der Waals surface area contributed by atoms with Crippen molar-refractivity contribution in [2.24, 2.45) is 4.99 Å². The summed E-state index contributed by atoms with van der Waals surface area (Å²) in [6.07, 6.45) is 6.21. The van der Waals surface area contributed by atoms with Crippen molar-refractivity contribution in [1.82, 2.24) is 25.2 Å². The minimum atomic E-state index is 0. The smallest absolute Gasteiger partial charge is 0.191 e. The van der Waals surface area contributed by atoms with Crippen LogP contribution < -0.4 is 15.5 Å². The summed E-state index contributed by atoms with van der Waals surface area (Å²) < 4.78 is 2.05. The van der Waals surface area contributed by atoms with Crippen molar-refractivity contribution in [1.29, 1.82) is 0 Å². The fraction of sp³-hybridized carbons (Fsp3) is 0.409. The monoisotopic (exact) mass is 519 g/mol. The van der Waals surface area contributed by atoms with Gasteiger partial charge in [-0.25, -0.2) is 0 Å². The Bertz CT molecular complexity index is 941. The van der Waals surface area contributed by atoms with Crippen LogP contribution in [0, 0.1) is 0 Å².